The quantitative estimate of drug-likeness (QED) is 0.0361. The summed E-state index contributed by atoms with van der Waals surface area (Å²) in [4.78, 5) is 60.8. The summed E-state index contributed by atoms with van der Waals surface area (Å²) in [5, 5.41) is 0. The van der Waals surface area contributed by atoms with Gasteiger partial charge in [-0.05, 0) is 52.4 Å². The molecule has 0 fully saturated rings. The molecule has 0 aromatic heterocycles. The minimum Gasteiger partial charge on any atom is -0.466 e. The van der Waals surface area contributed by atoms with Gasteiger partial charge in [0.1, 0.15) is 12.7 Å². The van der Waals surface area contributed by atoms with Crippen molar-refractivity contribution < 1.29 is 47.7 Å². The molecule has 50 heavy (non-hydrogen) atoms. The van der Waals surface area contributed by atoms with E-state index in [9.17, 15) is 24.0 Å². The van der Waals surface area contributed by atoms with Gasteiger partial charge in [-0.25, -0.2) is 0 Å². The maximum atomic E-state index is 12.8. The van der Waals surface area contributed by atoms with Crippen LogP contribution in [-0.2, 0) is 47.7 Å². The lowest BCUT2D eigenvalue weighted by Gasteiger charge is -2.26. The number of hydrogen-bond donors (Lipinski definition) is 0. The van der Waals surface area contributed by atoms with E-state index >= 15 is 0 Å². The zero-order valence-corrected chi connectivity index (χ0v) is 32.4. The first-order valence-corrected chi connectivity index (χ1v) is 20.1. The first-order valence-electron chi connectivity index (χ1n) is 20.1. The number of carbonyl (C=O) groups is 5. The fraction of sp³-hybridized carbons (Fsp3) is 0.875. The lowest BCUT2D eigenvalue weighted by molar-refractivity contribution is -0.163. The van der Waals surface area contributed by atoms with E-state index in [2.05, 4.69) is 6.92 Å². The van der Waals surface area contributed by atoms with Crippen molar-refractivity contribution in [3.63, 3.8) is 0 Å². The molecule has 3 atom stereocenters. The molecule has 0 rings (SSSR count). The molecule has 0 aromatic rings. The predicted molar refractivity (Wildman–Crippen MR) is 195 cm³/mol. The van der Waals surface area contributed by atoms with Crippen LogP contribution in [0, 0.1) is 11.8 Å². The Morgan fingerprint density at radius 1 is 0.460 bits per heavy atom. The Morgan fingerprint density at radius 3 is 1.58 bits per heavy atom. The van der Waals surface area contributed by atoms with Gasteiger partial charge in [0.2, 0.25) is 0 Å². The van der Waals surface area contributed by atoms with Crippen LogP contribution >= 0.6 is 0 Å². The van der Waals surface area contributed by atoms with Crippen molar-refractivity contribution in [1.82, 2.24) is 0 Å². The number of rotatable bonds is 34. The summed E-state index contributed by atoms with van der Waals surface area (Å²) >= 11 is 0. The molecule has 10 nitrogen and oxygen atoms in total. The molecule has 292 valence electrons. The van der Waals surface area contributed by atoms with Crippen molar-refractivity contribution >= 4 is 29.8 Å². The van der Waals surface area contributed by atoms with E-state index in [4.69, 9.17) is 23.7 Å². The second kappa shape index (κ2) is 33.5. The van der Waals surface area contributed by atoms with Gasteiger partial charge in [-0.1, -0.05) is 111 Å². The SMILES string of the molecule is CCCCCCCCC(C(=O)OCC)C(CCCCCCCC(=O)OCCCCCCCCC(COC(=O)CC)C(=O)OCC)OC(=O)CC. The third kappa shape index (κ3) is 26.2. The smallest absolute Gasteiger partial charge is 0.312 e. The van der Waals surface area contributed by atoms with Crippen molar-refractivity contribution in [3.05, 3.63) is 0 Å². The van der Waals surface area contributed by atoms with Gasteiger partial charge in [-0.15, -0.1) is 0 Å². The van der Waals surface area contributed by atoms with Gasteiger partial charge < -0.3 is 23.7 Å². The van der Waals surface area contributed by atoms with Crippen LogP contribution in [0.5, 0.6) is 0 Å². The molecule has 10 heteroatoms. The number of unbranched alkanes of at least 4 members (excludes halogenated alkanes) is 14. The highest BCUT2D eigenvalue weighted by Gasteiger charge is 2.31. The van der Waals surface area contributed by atoms with E-state index in [0.717, 1.165) is 89.9 Å². The summed E-state index contributed by atoms with van der Waals surface area (Å²) in [6.07, 6.45) is 19.4. The molecule has 0 aliphatic heterocycles. The Kier molecular flexibility index (Phi) is 31.7. The van der Waals surface area contributed by atoms with Crippen molar-refractivity contribution in [2.45, 2.75) is 188 Å². The first-order chi connectivity index (χ1) is 24.2. The summed E-state index contributed by atoms with van der Waals surface area (Å²) in [7, 11) is 0. The lowest BCUT2D eigenvalue weighted by atomic mass is 9.91. The molecule has 0 aromatic carbocycles. The van der Waals surface area contributed by atoms with Crippen LogP contribution in [0.3, 0.4) is 0 Å². The van der Waals surface area contributed by atoms with Crippen molar-refractivity contribution in [1.29, 1.82) is 0 Å². The molecular formula is C40H72O10. The zero-order chi connectivity index (χ0) is 37.2. The van der Waals surface area contributed by atoms with E-state index < -0.39 is 17.9 Å². The van der Waals surface area contributed by atoms with Crippen molar-refractivity contribution in [2.75, 3.05) is 26.4 Å². The fourth-order valence-electron chi connectivity index (χ4n) is 5.87. The number of esters is 5. The molecule has 0 amide bonds. The number of carbonyl (C=O) groups excluding carboxylic acids is 5. The normalized spacial score (nSPS) is 12.8. The van der Waals surface area contributed by atoms with E-state index in [1.807, 2.05) is 0 Å². The molecule has 3 unspecified atom stereocenters. The van der Waals surface area contributed by atoms with Gasteiger partial charge in [0.25, 0.3) is 0 Å². The van der Waals surface area contributed by atoms with E-state index in [0.29, 0.717) is 45.5 Å². The highest BCUT2D eigenvalue weighted by molar-refractivity contribution is 5.75. The lowest BCUT2D eigenvalue weighted by Crippen LogP contribution is -2.34. The Labute approximate surface area is 303 Å². The van der Waals surface area contributed by atoms with Crippen LogP contribution in [0.1, 0.15) is 182 Å². The van der Waals surface area contributed by atoms with Crippen molar-refractivity contribution in [2.24, 2.45) is 11.8 Å². The molecule has 0 radical (unpaired) electrons. The van der Waals surface area contributed by atoms with Crippen LogP contribution < -0.4 is 0 Å². The molecule has 0 heterocycles. The second-order valence-electron chi connectivity index (χ2n) is 13.2. The third-order valence-electron chi connectivity index (χ3n) is 8.91. The van der Waals surface area contributed by atoms with E-state index in [-0.39, 0.29) is 49.3 Å². The topological polar surface area (TPSA) is 132 Å². The van der Waals surface area contributed by atoms with E-state index in [1.165, 1.54) is 19.3 Å². The van der Waals surface area contributed by atoms with Gasteiger partial charge >= 0.3 is 29.8 Å². The summed E-state index contributed by atoms with van der Waals surface area (Å²) < 4.78 is 26.9. The Hall–Kier alpha value is -2.65. The third-order valence-corrected chi connectivity index (χ3v) is 8.91. The summed E-state index contributed by atoms with van der Waals surface area (Å²) in [6.45, 7) is 10.4. The summed E-state index contributed by atoms with van der Waals surface area (Å²) in [6, 6.07) is 0. The molecule has 0 bridgehead atoms. The number of hydrogen-bond acceptors (Lipinski definition) is 10. The van der Waals surface area contributed by atoms with Crippen LogP contribution in [0.25, 0.3) is 0 Å². The van der Waals surface area contributed by atoms with Gasteiger partial charge in [0, 0.05) is 19.3 Å². The Morgan fingerprint density at radius 2 is 0.980 bits per heavy atom. The van der Waals surface area contributed by atoms with Crippen LogP contribution in [0.15, 0.2) is 0 Å². The summed E-state index contributed by atoms with van der Waals surface area (Å²) in [5.41, 5.74) is 0. The minimum atomic E-state index is -0.459. The maximum absolute atomic E-state index is 12.8. The zero-order valence-electron chi connectivity index (χ0n) is 32.4. The molecule has 0 aliphatic rings. The molecular weight excluding hydrogens is 640 g/mol. The van der Waals surface area contributed by atoms with Crippen LogP contribution in [0.2, 0.25) is 0 Å². The van der Waals surface area contributed by atoms with Gasteiger partial charge in [-0.2, -0.15) is 0 Å². The monoisotopic (exact) mass is 713 g/mol. The molecule has 0 spiro atoms. The standard InChI is InChI=1S/C40H72O10/c1-6-11-12-13-18-23-28-34(40(45)47-10-5)35(50-37(42)8-3)29-24-19-16-20-25-30-38(43)48-31-26-21-15-14-17-22-27-33(39(44)46-9-4)32-49-36(41)7-2/h33-35H,6-32H2,1-5H3. The molecule has 0 N–H and O–H groups in total. The van der Waals surface area contributed by atoms with E-state index in [1.54, 1.807) is 27.7 Å². The highest BCUT2D eigenvalue weighted by atomic mass is 16.6. The van der Waals surface area contributed by atoms with Crippen LogP contribution in [-0.4, -0.2) is 62.4 Å². The fourth-order valence-corrected chi connectivity index (χ4v) is 5.87. The summed E-state index contributed by atoms with van der Waals surface area (Å²) in [5.74, 6) is -2.16. The molecule has 0 saturated carbocycles. The minimum absolute atomic E-state index is 0.0767. The first kappa shape index (κ1) is 47.4. The van der Waals surface area contributed by atoms with Gasteiger partial charge in [0.15, 0.2) is 0 Å². The second-order valence-corrected chi connectivity index (χ2v) is 13.2. The average molecular weight is 713 g/mol. The number of ether oxygens (including phenoxy) is 5. The van der Waals surface area contributed by atoms with Crippen LogP contribution in [0.4, 0.5) is 0 Å². The van der Waals surface area contributed by atoms with Crippen molar-refractivity contribution in [3.8, 4) is 0 Å². The molecule has 0 saturated heterocycles. The Balaban J connectivity index is 4.22. The largest absolute Gasteiger partial charge is 0.466 e. The maximum Gasteiger partial charge on any atom is 0.312 e. The van der Waals surface area contributed by atoms with Gasteiger partial charge in [0.05, 0.1) is 31.7 Å². The molecule has 0 aliphatic carbocycles. The Bertz CT molecular complexity index is 889. The predicted octanol–water partition coefficient (Wildman–Crippen LogP) is 9.38. The average Bonchev–Trinajstić information content (AvgIpc) is 3.10. The van der Waals surface area contributed by atoms with Gasteiger partial charge in [-0.3, -0.25) is 24.0 Å². The highest BCUT2D eigenvalue weighted by Crippen LogP contribution is 2.25.